The van der Waals surface area contributed by atoms with Gasteiger partial charge in [-0.2, -0.15) is 16.5 Å². The molecule has 0 saturated heterocycles. The number of hydrogen-bond donors (Lipinski definition) is 2. The van der Waals surface area contributed by atoms with Gasteiger partial charge in [-0.15, -0.1) is 11.3 Å². The maximum absolute atomic E-state index is 13.0. The summed E-state index contributed by atoms with van der Waals surface area (Å²) in [6, 6.07) is 10.2. The number of carbonyl (C=O) groups excluding carboxylic acids is 1. The molecular formula is C22H24ClN3O5S3. The zero-order chi connectivity index (χ0) is 24.7. The summed E-state index contributed by atoms with van der Waals surface area (Å²) in [4.78, 5) is 17.5. The molecule has 34 heavy (non-hydrogen) atoms. The summed E-state index contributed by atoms with van der Waals surface area (Å²) in [7, 11) is -0.810. The Kier molecular flexibility index (Phi) is 9.20. The van der Waals surface area contributed by atoms with E-state index in [1.165, 1.54) is 47.4 Å². The number of nitrogens with one attached hydrogen (secondary N) is 2. The third kappa shape index (κ3) is 6.63. The molecule has 3 aromatic rings. The number of rotatable bonds is 11. The van der Waals surface area contributed by atoms with Crippen molar-refractivity contribution in [3.63, 3.8) is 0 Å². The first-order chi connectivity index (χ1) is 16.3. The number of halogens is 1. The van der Waals surface area contributed by atoms with E-state index in [1.54, 1.807) is 31.7 Å². The van der Waals surface area contributed by atoms with Crippen LogP contribution in [0.2, 0.25) is 5.02 Å². The molecule has 0 aliphatic rings. The summed E-state index contributed by atoms with van der Waals surface area (Å²) in [6.45, 7) is 0. The predicted molar refractivity (Wildman–Crippen MR) is 138 cm³/mol. The number of thioether (sulfide) groups is 1. The van der Waals surface area contributed by atoms with E-state index >= 15 is 0 Å². The number of sulfonamides is 1. The molecule has 1 atom stereocenters. The van der Waals surface area contributed by atoms with Crippen molar-refractivity contribution in [2.24, 2.45) is 0 Å². The Bertz CT molecular complexity index is 1230. The topological polar surface area (TPSA) is 107 Å². The molecule has 0 spiro atoms. The van der Waals surface area contributed by atoms with E-state index in [9.17, 15) is 13.2 Å². The van der Waals surface area contributed by atoms with Crippen LogP contribution in [0.15, 0.2) is 52.7 Å². The van der Waals surface area contributed by atoms with Gasteiger partial charge in [0.15, 0.2) is 16.6 Å². The van der Waals surface area contributed by atoms with Crippen molar-refractivity contribution < 1.29 is 22.7 Å². The molecule has 0 saturated carbocycles. The molecule has 0 unspecified atom stereocenters. The van der Waals surface area contributed by atoms with E-state index in [0.717, 1.165) is 5.56 Å². The van der Waals surface area contributed by atoms with Gasteiger partial charge in [0, 0.05) is 16.0 Å². The van der Waals surface area contributed by atoms with E-state index in [-0.39, 0.29) is 4.90 Å². The minimum absolute atomic E-state index is 0.0313. The Balaban J connectivity index is 1.76. The lowest BCUT2D eigenvalue weighted by Crippen LogP contribution is -2.44. The number of nitrogens with zero attached hydrogens (tertiary/aromatic N) is 1. The first-order valence-corrected chi connectivity index (χ1v) is 14.2. The molecule has 0 bridgehead atoms. The van der Waals surface area contributed by atoms with Crippen molar-refractivity contribution in [3.8, 4) is 22.8 Å². The molecule has 2 aromatic carbocycles. The van der Waals surface area contributed by atoms with Gasteiger partial charge in [-0.3, -0.25) is 4.79 Å². The molecule has 12 heteroatoms. The van der Waals surface area contributed by atoms with Crippen LogP contribution in [0.3, 0.4) is 0 Å². The molecule has 1 heterocycles. The lowest BCUT2D eigenvalue weighted by Gasteiger charge is -2.17. The standard InChI is InChI=1S/C22H24ClN3O5S3/c1-30-19-9-4-14(12-20(19)31-2)18-13-33-22(24-18)25-21(27)17(10-11-32-3)26-34(28,29)16-7-5-15(23)6-8-16/h4-9,12-13,17,26H,10-11H2,1-3H3,(H,24,25,27)/t17-/m1/s1. The van der Waals surface area contributed by atoms with Crippen LogP contribution in [0, 0.1) is 0 Å². The number of methoxy groups -OCH3 is 2. The van der Waals surface area contributed by atoms with Crippen molar-refractivity contribution >= 4 is 55.8 Å². The molecule has 0 aliphatic heterocycles. The highest BCUT2D eigenvalue weighted by Crippen LogP contribution is 2.33. The van der Waals surface area contributed by atoms with Gasteiger partial charge in [0.2, 0.25) is 15.9 Å². The third-order valence-corrected chi connectivity index (χ3v) is 7.90. The quantitative estimate of drug-likeness (QED) is 0.367. The highest BCUT2D eigenvalue weighted by atomic mass is 35.5. The molecule has 182 valence electrons. The molecule has 2 N–H and O–H groups in total. The number of carbonyl (C=O) groups is 1. The number of aromatic nitrogens is 1. The zero-order valence-corrected chi connectivity index (χ0v) is 21.9. The smallest absolute Gasteiger partial charge is 0.244 e. The van der Waals surface area contributed by atoms with Gasteiger partial charge in [0.05, 0.1) is 24.8 Å². The van der Waals surface area contributed by atoms with Crippen LogP contribution >= 0.6 is 34.7 Å². The summed E-state index contributed by atoms with van der Waals surface area (Å²) in [6.07, 6.45) is 2.20. The molecule has 1 aromatic heterocycles. The average Bonchev–Trinajstić information content (AvgIpc) is 3.29. The average molecular weight is 542 g/mol. The largest absolute Gasteiger partial charge is 0.493 e. The van der Waals surface area contributed by atoms with Crippen molar-refractivity contribution in [2.45, 2.75) is 17.4 Å². The number of thiazole rings is 1. The van der Waals surface area contributed by atoms with Crippen LogP contribution in [-0.4, -0.2) is 51.6 Å². The van der Waals surface area contributed by atoms with Crippen LogP contribution in [0.1, 0.15) is 6.42 Å². The van der Waals surface area contributed by atoms with Gasteiger partial charge in [0.25, 0.3) is 0 Å². The van der Waals surface area contributed by atoms with Gasteiger partial charge in [-0.05, 0) is 60.9 Å². The second-order valence-electron chi connectivity index (χ2n) is 7.01. The number of ether oxygens (including phenoxy) is 2. The SMILES string of the molecule is COc1ccc(-c2csc(NC(=O)[C@@H](CCSC)NS(=O)(=O)c3ccc(Cl)cc3)n2)cc1OC. The fraction of sp³-hybridized carbons (Fsp3) is 0.273. The summed E-state index contributed by atoms with van der Waals surface area (Å²) in [5.41, 5.74) is 1.43. The predicted octanol–water partition coefficient (Wildman–Crippen LogP) is 4.52. The highest BCUT2D eigenvalue weighted by molar-refractivity contribution is 7.98. The second-order valence-corrected chi connectivity index (χ2v) is 11.0. The normalized spacial score (nSPS) is 12.2. The molecule has 0 aliphatic carbocycles. The summed E-state index contributed by atoms with van der Waals surface area (Å²) >= 11 is 8.61. The minimum Gasteiger partial charge on any atom is -0.493 e. The maximum Gasteiger partial charge on any atom is 0.244 e. The first-order valence-electron chi connectivity index (χ1n) is 10.0. The van der Waals surface area contributed by atoms with E-state index in [0.29, 0.717) is 39.5 Å². The van der Waals surface area contributed by atoms with E-state index < -0.39 is 22.0 Å². The van der Waals surface area contributed by atoms with Gasteiger partial charge in [0.1, 0.15) is 6.04 Å². The number of hydrogen-bond acceptors (Lipinski definition) is 8. The van der Waals surface area contributed by atoms with Crippen LogP contribution in [0.5, 0.6) is 11.5 Å². The Morgan fingerprint density at radius 2 is 1.85 bits per heavy atom. The van der Waals surface area contributed by atoms with Gasteiger partial charge in [-0.25, -0.2) is 13.4 Å². The number of benzene rings is 2. The Morgan fingerprint density at radius 3 is 2.50 bits per heavy atom. The van der Waals surface area contributed by atoms with Gasteiger partial charge in [-0.1, -0.05) is 11.6 Å². The highest BCUT2D eigenvalue weighted by Gasteiger charge is 2.26. The van der Waals surface area contributed by atoms with Crippen LogP contribution in [-0.2, 0) is 14.8 Å². The molecule has 0 fully saturated rings. The fourth-order valence-electron chi connectivity index (χ4n) is 3.00. The fourth-order valence-corrected chi connectivity index (χ4v) is 5.55. The summed E-state index contributed by atoms with van der Waals surface area (Å²) in [5, 5.41) is 5.31. The van der Waals surface area contributed by atoms with E-state index in [1.807, 2.05) is 12.3 Å². The lowest BCUT2D eigenvalue weighted by molar-refractivity contribution is -0.117. The van der Waals surface area contributed by atoms with Crippen molar-refractivity contribution in [1.82, 2.24) is 9.71 Å². The Labute approximate surface area is 212 Å². The molecular weight excluding hydrogens is 518 g/mol. The van der Waals surface area contributed by atoms with Crippen LogP contribution in [0.25, 0.3) is 11.3 Å². The third-order valence-electron chi connectivity index (χ3n) is 4.76. The number of anilines is 1. The lowest BCUT2D eigenvalue weighted by atomic mass is 10.1. The van der Waals surface area contributed by atoms with Gasteiger partial charge >= 0.3 is 0 Å². The molecule has 0 radical (unpaired) electrons. The zero-order valence-electron chi connectivity index (χ0n) is 18.7. The maximum atomic E-state index is 13.0. The van der Waals surface area contributed by atoms with E-state index in [4.69, 9.17) is 21.1 Å². The molecule has 3 rings (SSSR count). The summed E-state index contributed by atoms with van der Waals surface area (Å²) < 4.78 is 38.7. The molecule has 8 nitrogen and oxygen atoms in total. The summed E-state index contributed by atoms with van der Waals surface area (Å²) in [5.74, 6) is 1.27. The van der Waals surface area contributed by atoms with Gasteiger partial charge < -0.3 is 14.8 Å². The minimum atomic E-state index is -3.92. The monoisotopic (exact) mass is 541 g/mol. The van der Waals surface area contributed by atoms with Crippen LogP contribution in [0.4, 0.5) is 5.13 Å². The van der Waals surface area contributed by atoms with Crippen molar-refractivity contribution in [2.75, 3.05) is 31.5 Å². The first kappa shape index (κ1) is 26.3. The van der Waals surface area contributed by atoms with Crippen molar-refractivity contribution in [1.29, 1.82) is 0 Å². The van der Waals surface area contributed by atoms with Crippen LogP contribution < -0.4 is 19.5 Å². The number of amides is 1. The molecule has 1 amide bonds. The Hall–Kier alpha value is -2.31. The van der Waals surface area contributed by atoms with E-state index in [2.05, 4.69) is 15.0 Å². The van der Waals surface area contributed by atoms with Crippen molar-refractivity contribution in [3.05, 3.63) is 52.9 Å². The second kappa shape index (κ2) is 11.9. The Morgan fingerprint density at radius 1 is 1.15 bits per heavy atom.